The Labute approximate surface area is 178 Å². The van der Waals surface area contributed by atoms with Gasteiger partial charge in [-0.25, -0.2) is 14.8 Å². The number of nitrogens with zero attached hydrogens (tertiary/aromatic N) is 3. The molecule has 2 amide bonds. The summed E-state index contributed by atoms with van der Waals surface area (Å²) >= 11 is 6.17. The van der Waals surface area contributed by atoms with Crippen molar-refractivity contribution in [1.82, 2.24) is 9.97 Å². The molecule has 0 bridgehead atoms. The highest BCUT2D eigenvalue weighted by Gasteiger charge is 2.26. The fraction of sp³-hybridized carbons (Fsp3) is 0.400. The fourth-order valence-corrected chi connectivity index (χ4v) is 3.67. The average Bonchev–Trinajstić information content (AvgIpc) is 3.27. The summed E-state index contributed by atoms with van der Waals surface area (Å²) in [6, 6.07) is 2.87. The summed E-state index contributed by atoms with van der Waals surface area (Å²) in [4.78, 5) is 34.2. The van der Waals surface area contributed by atoms with E-state index in [9.17, 15) is 14.7 Å². The Bertz CT molecular complexity index is 964. The lowest BCUT2D eigenvalue weighted by molar-refractivity contribution is 0.111. The number of amides is 2. The molecule has 1 fully saturated rings. The van der Waals surface area contributed by atoms with E-state index in [2.05, 4.69) is 15.3 Å². The van der Waals surface area contributed by atoms with E-state index < -0.39 is 6.03 Å². The second kappa shape index (κ2) is 8.95. The molecule has 2 aromatic heterocycles. The molecule has 4 heterocycles. The number of hydrogen-bond acceptors (Lipinski definition) is 7. The molecular weight excluding hydrogens is 412 g/mol. The van der Waals surface area contributed by atoms with Gasteiger partial charge in [-0.15, -0.1) is 0 Å². The third-order valence-corrected chi connectivity index (χ3v) is 5.32. The minimum Gasteiger partial charge on any atom is -0.486 e. The molecule has 1 saturated heterocycles. The maximum Gasteiger partial charge on any atom is 0.328 e. The summed E-state index contributed by atoms with van der Waals surface area (Å²) in [7, 11) is 0. The van der Waals surface area contributed by atoms with Gasteiger partial charge in [-0.2, -0.15) is 0 Å². The molecule has 2 aromatic rings. The van der Waals surface area contributed by atoms with E-state index in [1.807, 2.05) is 0 Å². The molecule has 158 valence electrons. The molecule has 10 heteroatoms. The van der Waals surface area contributed by atoms with Crippen LogP contribution in [0.2, 0.25) is 5.02 Å². The SMILES string of the molecule is O=Cc1nc2c(cc1CO)CCCN2C(=O)Nc1cc(OC2CCOC2)c(Cl)cn1. The summed E-state index contributed by atoms with van der Waals surface area (Å²) in [5.74, 6) is 1.12. The molecule has 0 aliphatic carbocycles. The lowest BCUT2D eigenvalue weighted by Gasteiger charge is -2.29. The largest absolute Gasteiger partial charge is 0.486 e. The highest BCUT2D eigenvalue weighted by Crippen LogP contribution is 2.30. The molecule has 2 N–H and O–H groups in total. The van der Waals surface area contributed by atoms with Crippen LogP contribution >= 0.6 is 11.6 Å². The maximum absolute atomic E-state index is 12.9. The maximum atomic E-state index is 12.9. The fourth-order valence-electron chi connectivity index (χ4n) is 3.53. The van der Waals surface area contributed by atoms with Crippen molar-refractivity contribution in [1.29, 1.82) is 0 Å². The quantitative estimate of drug-likeness (QED) is 0.698. The van der Waals surface area contributed by atoms with Crippen LogP contribution in [0.4, 0.5) is 16.4 Å². The molecule has 30 heavy (non-hydrogen) atoms. The van der Waals surface area contributed by atoms with Gasteiger partial charge in [0.05, 0.1) is 26.0 Å². The topological polar surface area (TPSA) is 114 Å². The van der Waals surface area contributed by atoms with E-state index in [1.54, 1.807) is 12.1 Å². The highest BCUT2D eigenvalue weighted by molar-refractivity contribution is 6.32. The number of aliphatic hydroxyl groups excluding tert-OH is 1. The third kappa shape index (κ3) is 4.23. The summed E-state index contributed by atoms with van der Waals surface area (Å²) in [6.07, 6.45) is 4.12. The number of aryl methyl sites for hydroxylation is 1. The summed E-state index contributed by atoms with van der Waals surface area (Å²) in [5, 5.41) is 12.5. The zero-order valence-corrected chi connectivity index (χ0v) is 16.9. The van der Waals surface area contributed by atoms with E-state index in [1.165, 1.54) is 11.1 Å². The van der Waals surface area contributed by atoms with Gasteiger partial charge < -0.3 is 14.6 Å². The van der Waals surface area contributed by atoms with Crippen molar-refractivity contribution in [2.24, 2.45) is 0 Å². The van der Waals surface area contributed by atoms with Gasteiger partial charge in [0.2, 0.25) is 0 Å². The number of aromatic nitrogens is 2. The van der Waals surface area contributed by atoms with Crippen molar-refractivity contribution in [2.75, 3.05) is 30.0 Å². The number of fused-ring (bicyclic) bond motifs is 1. The van der Waals surface area contributed by atoms with Crippen molar-refractivity contribution in [3.05, 3.63) is 40.2 Å². The number of nitrogens with one attached hydrogen (secondary N) is 1. The van der Waals surface area contributed by atoms with Crippen LogP contribution in [0.15, 0.2) is 18.3 Å². The minimum atomic E-state index is -0.429. The first-order valence-electron chi connectivity index (χ1n) is 9.66. The zero-order chi connectivity index (χ0) is 21.1. The van der Waals surface area contributed by atoms with Crippen molar-refractivity contribution in [2.45, 2.75) is 32.0 Å². The zero-order valence-electron chi connectivity index (χ0n) is 16.1. The predicted octanol–water partition coefficient (Wildman–Crippen LogP) is 2.59. The van der Waals surface area contributed by atoms with E-state index in [4.69, 9.17) is 21.1 Å². The molecule has 0 spiro atoms. The number of aliphatic hydroxyl groups is 1. The number of hydrogen-bond donors (Lipinski definition) is 2. The number of halogens is 1. The predicted molar refractivity (Wildman–Crippen MR) is 109 cm³/mol. The average molecular weight is 433 g/mol. The third-order valence-electron chi connectivity index (χ3n) is 5.04. The van der Waals surface area contributed by atoms with Gasteiger partial charge in [-0.1, -0.05) is 11.6 Å². The second-order valence-electron chi connectivity index (χ2n) is 7.08. The first kappa shape index (κ1) is 20.5. The van der Waals surface area contributed by atoms with Crippen molar-refractivity contribution < 1.29 is 24.2 Å². The van der Waals surface area contributed by atoms with Crippen LogP contribution in [0.1, 0.15) is 34.5 Å². The molecule has 1 atom stereocenters. The van der Waals surface area contributed by atoms with Gasteiger partial charge in [0.25, 0.3) is 0 Å². The second-order valence-corrected chi connectivity index (χ2v) is 7.49. The molecule has 2 aliphatic rings. The van der Waals surface area contributed by atoms with Gasteiger partial charge >= 0.3 is 6.03 Å². The van der Waals surface area contributed by atoms with Gasteiger partial charge in [0.1, 0.15) is 34.2 Å². The molecule has 0 radical (unpaired) electrons. The van der Waals surface area contributed by atoms with E-state index in [0.717, 1.165) is 18.4 Å². The van der Waals surface area contributed by atoms with Crippen LogP contribution in [0.5, 0.6) is 5.75 Å². The van der Waals surface area contributed by atoms with Crippen LogP contribution < -0.4 is 15.0 Å². The Hall–Kier alpha value is -2.75. The normalized spacial score (nSPS) is 18.1. The Morgan fingerprint density at radius 3 is 3.07 bits per heavy atom. The Morgan fingerprint density at radius 1 is 1.47 bits per heavy atom. The van der Waals surface area contributed by atoms with E-state index in [-0.39, 0.29) is 24.2 Å². The summed E-state index contributed by atoms with van der Waals surface area (Å²) in [5.41, 5.74) is 1.37. The number of anilines is 2. The lowest BCUT2D eigenvalue weighted by atomic mass is 10.0. The van der Waals surface area contributed by atoms with E-state index in [0.29, 0.717) is 54.6 Å². The number of ether oxygens (including phenoxy) is 2. The van der Waals surface area contributed by atoms with Crippen molar-refractivity contribution in [3.63, 3.8) is 0 Å². The minimum absolute atomic E-state index is 0.0888. The first-order valence-corrected chi connectivity index (χ1v) is 10.0. The van der Waals surface area contributed by atoms with Gasteiger partial charge in [-0.3, -0.25) is 15.0 Å². The number of rotatable bonds is 5. The number of aldehydes is 1. The Balaban J connectivity index is 1.54. The molecule has 1 unspecified atom stereocenters. The molecule has 2 aliphatic heterocycles. The van der Waals surface area contributed by atoms with E-state index >= 15 is 0 Å². The van der Waals surface area contributed by atoms with Gasteiger partial charge in [0, 0.05) is 24.6 Å². The van der Waals surface area contributed by atoms with Crippen molar-refractivity contribution >= 4 is 35.6 Å². The van der Waals surface area contributed by atoms with Crippen LogP contribution in [-0.4, -0.2) is 53.3 Å². The molecule has 4 rings (SSSR count). The lowest BCUT2D eigenvalue weighted by Crippen LogP contribution is -2.39. The first-order chi connectivity index (χ1) is 14.6. The standard InChI is InChI=1S/C20H21ClN4O5/c21-15-8-22-18(7-17(15)30-14-3-5-29-11-14)24-20(28)25-4-1-2-12-6-13(9-26)16(10-27)23-19(12)25/h6-8,10,14,26H,1-5,9,11H2,(H,22,24,28). The van der Waals surface area contributed by atoms with Crippen LogP contribution in [0.3, 0.4) is 0 Å². The molecule has 0 saturated carbocycles. The summed E-state index contributed by atoms with van der Waals surface area (Å²) in [6.45, 7) is 1.29. The Kier molecular flexibility index (Phi) is 6.12. The summed E-state index contributed by atoms with van der Waals surface area (Å²) < 4.78 is 11.2. The van der Waals surface area contributed by atoms with Gasteiger partial charge in [-0.05, 0) is 24.5 Å². The van der Waals surface area contributed by atoms with Crippen LogP contribution in [0, 0.1) is 0 Å². The number of pyridine rings is 2. The Morgan fingerprint density at radius 2 is 2.33 bits per heavy atom. The van der Waals surface area contributed by atoms with Gasteiger partial charge in [0.15, 0.2) is 6.29 Å². The monoisotopic (exact) mass is 432 g/mol. The molecular formula is C20H21ClN4O5. The smallest absolute Gasteiger partial charge is 0.328 e. The van der Waals surface area contributed by atoms with Crippen LogP contribution in [0.25, 0.3) is 0 Å². The number of urea groups is 1. The molecule has 0 aromatic carbocycles. The number of carbonyl (C=O) groups excluding carboxylic acids is 2. The number of carbonyl (C=O) groups is 2. The highest BCUT2D eigenvalue weighted by atomic mass is 35.5. The molecule has 9 nitrogen and oxygen atoms in total. The van der Waals surface area contributed by atoms with Crippen molar-refractivity contribution in [3.8, 4) is 5.75 Å². The van der Waals surface area contributed by atoms with Crippen LogP contribution in [-0.2, 0) is 17.8 Å².